The maximum Gasteiger partial charge on any atom is 0.268 e. The zero-order valence-electron chi connectivity index (χ0n) is 15.6. The normalized spacial score (nSPS) is 11.8. The quantitative estimate of drug-likeness (QED) is 0.298. The Hall–Kier alpha value is -4.55. The summed E-state index contributed by atoms with van der Waals surface area (Å²) < 4.78 is 0. The Labute approximate surface area is 169 Å². The fraction of sp³-hybridized carbons (Fsp3) is 0.118. The van der Waals surface area contributed by atoms with Crippen molar-refractivity contribution in [1.82, 2.24) is 39.9 Å². The molecule has 152 valence electrons. The zero-order valence-corrected chi connectivity index (χ0v) is 15.6. The number of aromatic nitrogens is 8. The molecular formula is C17H17N11O2. The number of H-pyrrole nitrogens is 1. The molecule has 0 saturated carbocycles. The number of carbonyl (C=O) groups excluding carboxylic acids is 1. The molecule has 0 saturated heterocycles. The lowest BCUT2D eigenvalue weighted by Crippen LogP contribution is -2.20. The van der Waals surface area contributed by atoms with Gasteiger partial charge in [0.25, 0.3) is 5.56 Å². The van der Waals surface area contributed by atoms with Crippen LogP contribution in [0.2, 0.25) is 0 Å². The van der Waals surface area contributed by atoms with Crippen molar-refractivity contribution in [3.8, 4) is 0 Å². The Bertz CT molecular complexity index is 1190. The molecule has 0 unspecified atom stereocenters. The summed E-state index contributed by atoms with van der Waals surface area (Å²) in [6, 6.07) is 0. The summed E-state index contributed by atoms with van der Waals surface area (Å²) >= 11 is 0. The highest BCUT2D eigenvalue weighted by Crippen LogP contribution is 2.17. The number of amides is 1. The Morgan fingerprint density at radius 1 is 0.800 bits per heavy atom. The van der Waals surface area contributed by atoms with Gasteiger partial charge in [-0.15, -0.1) is 0 Å². The minimum Gasteiger partial charge on any atom is -0.394 e. The average Bonchev–Trinajstić information content (AvgIpc) is 2.76. The van der Waals surface area contributed by atoms with Crippen molar-refractivity contribution in [3.05, 3.63) is 59.7 Å². The minimum atomic E-state index is -0.254. The van der Waals surface area contributed by atoms with E-state index in [1.807, 2.05) is 0 Å². The second-order valence-electron chi connectivity index (χ2n) is 5.81. The lowest BCUT2D eigenvalue weighted by Gasteiger charge is -2.13. The van der Waals surface area contributed by atoms with Gasteiger partial charge in [0, 0.05) is 18.2 Å². The summed E-state index contributed by atoms with van der Waals surface area (Å²) in [4.78, 5) is 50.5. The number of nitrogen functional groups attached to an aromatic ring is 2. The molecule has 13 heteroatoms. The number of anilines is 3. The largest absolute Gasteiger partial charge is 0.394 e. The molecule has 1 aliphatic heterocycles. The van der Waals surface area contributed by atoms with Gasteiger partial charge in [-0.25, -0.2) is 34.9 Å². The van der Waals surface area contributed by atoms with Crippen molar-refractivity contribution in [3.63, 3.8) is 0 Å². The summed E-state index contributed by atoms with van der Waals surface area (Å²) in [5.41, 5.74) is 12.8. The Morgan fingerprint density at radius 2 is 1.53 bits per heavy atom. The van der Waals surface area contributed by atoms with Crippen LogP contribution in [0.25, 0.3) is 11.2 Å². The molecule has 0 aliphatic carbocycles. The van der Waals surface area contributed by atoms with Crippen LogP contribution in [0.15, 0.2) is 48.6 Å². The average molecular weight is 407 g/mol. The highest BCUT2D eigenvalue weighted by molar-refractivity contribution is 5.92. The number of fused-ring (bicyclic) bond motifs is 2. The molecule has 30 heavy (non-hydrogen) atoms. The SMILES string of the molecule is Nc1cncnc1N.O=C1CCc2cncnc2N1.O=c1cnc2cncnc2[nH]1. The number of aryl methyl sites for hydroxylation is 1. The van der Waals surface area contributed by atoms with Gasteiger partial charge < -0.3 is 21.8 Å². The number of aromatic amines is 1. The lowest BCUT2D eigenvalue weighted by atomic mass is 10.1. The van der Waals surface area contributed by atoms with E-state index in [1.165, 1.54) is 37.6 Å². The van der Waals surface area contributed by atoms with Crippen LogP contribution >= 0.6 is 0 Å². The van der Waals surface area contributed by atoms with Crippen LogP contribution < -0.4 is 22.3 Å². The van der Waals surface area contributed by atoms with Crippen molar-refractivity contribution in [2.75, 3.05) is 16.8 Å². The molecular weight excluding hydrogens is 390 g/mol. The summed E-state index contributed by atoms with van der Waals surface area (Å²) in [6.07, 6.45) is 11.4. The second-order valence-corrected chi connectivity index (χ2v) is 5.81. The zero-order chi connectivity index (χ0) is 21.3. The monoisotopic (exact) mass is 407 g/mol. The third kappa shape index (κ3) is 5.48. The molecule has 0 fully saturated rings. The van der Waals surface area contributed by atoms with Gasteiger partial charge in [0.05, 0.1) is 24.3 Å². The first-order valence-corrected chi connectivity index (χ1v) is 8.57. The van der Waals surface area contributed by atoms with Gasteiger partial charge in [-0.05, 0) is 6.42 Å². The number of hydrogen-bond acceptors (Lipinski definition) is 11. The van der Waals surface area contributed by atoms with E-state index in [4.69, 9.17) is 11.5 Å². The van der Waals surface area contributed by atoms with Crippen LogP contribution in [-0.2, 0) is 11.2 Å². The molecule has 1 amide bonds. The standard InChI is InChI=1S/C7H7N3O.C6H4N4O.C4H6N4/c11-6-2-1-5-3-8-4-9-7(5)10-6;11-5-2-8-4-1-7-3-9-6(4)10-5;5-3-1-7-2-8-4(3)6/h3-4H,1-2H2,(H,8,9,10,11);1-3H,(H,7,9,10,11);1-2H,5H2,(H2,6,7,8). The van der Waals surface area contributed by atoms with E-state index < -0.39 is 0 Å². The summed E-state index contributed by atoms with van der Waals surface area (Å²) in [5, 5.41) is 2.67. The fourth-order valence-electron chi connectivity index (χ4n) is 2.24. The van der Waals surface area contributed by atoms with Crippen LogP contribution in [0.4, 0.5) is 17.3 Å². The molecule has 6 N–H and O–H groups in total. The maximum absolute atomic E-state index is 10.9. The molecule has 5 rings (SSSR count). The number of rotatable bonds is 0. The summed E-state index contributed by atoms with van der Waals surface area (Å²) in [7, 11) is 0. The van der Waals surface area contributed by atoms with Crippen LogP contribution in [0, 0.1) is 0 Å². The molecule has 13 nitrogen and oxygen atoms in total. The van der Waals surface area contributed by atoms with Gasteiger partial charge in [0.2, 0.25) is 5.91 Å². The first kappa shape index (κ1) is 20.2. The number of nitrogens with two attached hydrogens (primary N) is 2. The molecule has 0 bridgehead atoms. The Kier molecular flexibility index (Phi) is 6.45. The summed E-state index contributed by atoms with van der Waals surface area (Å²) in [6.45, 7) is 0. The minimum absolute atomic E-state index is 0.0381. The van der Waals surface area contributed by atoms with Gasteiger partial charge >= 0.3 is 0 Å². The molecule has 1 aliphatic rings. The maximum atomic E-state index is 10.9. The first-order chi connectivity index (χ1) is 14.5. The topological polar surface area (TPSA) is 204 Å². The highest BCUT2D eigenvalue weighted by atomic mass is 16.1. The van der Waals surface area contributed by atoms with Gasteiger partial charge in [-0.1, -0.05) is 0 Å². The van der Waals surface area contributed by atoms with Crippen LogP contribution in [-0.4, -0.2) is 45.8 Å². The number of nitrogens with zero attached hydrogens (tertiary/aromatic N) is 7. The number of hydrogen-bond donors (Lipinski definition) is 4. The molecule has 0 aromatic carbocycles. The smallest absolute Gasteiger partial charge is 0.268 e. The predicted octanol–water partition coefficient (Wildman–Crippen LogP) is -0.285. The van der Waals surface area contributed by atoms with E-state index in [1.54, 1.807) is 6.20 Å². The second kappa shape index (κ2) is 9.59. The van der Waals surface area contributed by atoms with E-state index >= 15 is 0 Å². The summed E-state index contributed by atoms with van der Waals surface area (Å²) in [5.74, 6) is 1.03. The molecule has 0 radical (unpaired) electrons. The van der Waals surface area contributed by atoms with Crippen LogP contribution in [0.3, 0.4) is 0 Å². The van der Waals surface area contributed by atoms with E-state index in [0.29, 0.717) is 34.9 Å². The van der Waals surface area contributed by atoms with E-state index in [9.17, 15) is 9.59 Å². The van der Waals surface area contributed by atoms with E-state index in [2.05, 4.69) is 45.2 Å². The van der Waals surface area contributed by atoms with Gasteiger partial charge in [-0.3, -0.25) is 9.59 Å². The van der Waals surface area contributed by atoms with E-state index in [-0.39, 0.29) is 11.5 Å². The Morgan fingerprint density at radius 3 is 2.30 bits per heavy atom. The third-order valence-electron chi connectivity index (χ3n) is 3.70. The predicted molar refractivity (Wildman–Crippen MR) is 108 cm³/mol. The number of carbonyl (C=O) groups is 1. The molecule has 4 aromatic heterocycles. The third-order valence-corrected chi connectivity index (χ3v) is 3.70. The number of nitrogens with one attached hydrogen (secondary N) is 2. The van der Waals surface area contributed by atoms with Gasteiger partial charge in [-0.2, -0.15) is 0 Å². The van der Waals surface area contributed by atoms with Crippen molar-refractivity contribution >= 4 is 34.4 Å². The first-order valence-electron chi connectivity index (χ1n) is 8.57. The van der Waals surface area contributed by atoms with Crippen molar-refractivity contribution in [2.24, 2.45) is 0 Å². The van der Waals surface area contributed by atoms with Gasteiger partial charge in [0.15, 0.2) is 5.65 Å². The van der Waals surface area contributed by atoms with E-state index in [0.717, 1.165) is 12.0 Å². The molecule has 4 aromatic rings. The Balaban J connectivity index is 0.000000130. The van der Waals surface area contributed by atoms with Crippen LogP contribution in [0.5, 0.6) is 0 Å². The molecule has 5 heterocycles. The van der Waals surface area contributed by atoms with Crippen molar-refractivity contribution in [1.29, 1.82) is 0 Å². The van der Waals surface area contributed by atoms with Crippen LogP contribution in [0.1, 0.15) is 12.0 Å². The highest BCUT2D eigenvalue weighted by Gasteiger charge is 2.14. The lowest BCUT2D eigenvalue weighted by molar-refractivity contribution is -0.116. The van der Waals surface area contributed by atoms with Crippen molar-refractivity contribution < 1.29 is 4.79 Å². The van der Waals surface area contributed by atoms with Crippen molar-refractivity contribution in [2.45, 2.75) is 12.8 Å². The fourth-order valence-corrected chi connectivity index (χ4v) is 2.24. The van der Waals surface area contributed by atoms with Gasteiger partial charge in [0.1, 0.15) is 36.1 Å². The molecule has 0 spiro atoms. The molecule has 0 atom stereocenters.